The van der Waals surface area contributed by atoms with Crippen LogP contribution in [-0.2, 0) is 9.59 Å². The fourth-order valence-electron chi connectivity index (χ4n) is 2.07. The number of carbonyl (C=O) groups is 2. The smallest absolute Gasteiger partial charge is 0.329 e. The van der Waals surface area contributed by atoms with Gasteiger partial charge in [-0.1, -0.05) is 25.5 Å². The SMILES string of the molecule is CCCC(C)(NC(=O)COc1cc(C)ccc1C)C(=O)O. The number of rotatable bonds is 7. The fourth-order valence-corrected chi connectivity index (χ4v) is 2.07. The average molecular weight is 293 g/mol. The van der Waals surface area contributed by atoms with Crippen molar-refractivity contribution in [3.8, 4) is 5.75 Å². The van der Waals surface area contributed by atoms with Crippen molar-refractivity contribution in [2.45, 2.75) is 46.1 Å². The number of carbonyl (C=O) groups excluding carboxylic acids is 1. The highest BCUT2D eigenvalue weighted by Gasteiger charge is 2.33. The summed E-state index contributed by atoms with van der Waals surface area (Å²) in [5, 5.41) is 11.8. The Hall–Kier alpha value is -2.04. The van der Waals surface area contributed by atoms with E-state index in [0.717, 1.165) is 11.1 Å². The largest absolute Gasteiger partial charge is 0.483 e. The van der Waals surface area contributed by atoms with Gasteiger partial charge in [0.1, 0.15) is 11.3 Å². The third-order valence-corrected chi connectivity index (χ3v) is 3.34. The van der Waals surface area contributed by atoms with E-state index in [-0.39, 0.29) is 6.61 Å². The normalized spacial score (nSPS) is 13.3. The Labute approximate surface area is 125 Å². The fraction of sp³-hybridized carbons (Fsp3) is 0.500. The van der Waals surface area contributed by atoms with E-state index >= 15 is 0 Å². The van der Waals surface area contributed by atoms with Gasteiger partial charge in [-0.05, 0) is 44.4 Å². The van der Waals surface area contributed by atoms with E-state index in [0.29, 0.717) is 18.6 Å². The van der Waals surface area contributed by atoms with Crippen LogP contribution in [0.4, 0.5) is 0 Å². The number of ether oxygens (including phenoxy) is 1. The standard InChI is InChI=1S/C16H23NO4/c1-5-8-16(4,15(19)20)17-14(18)10-21-13-9-11(2)6-7-12(13)3/h6-7,9H,5,8,10H2,1-4H3,(H,17,18)(H,19,20). The number of carboxylic acids is 1. The average Bonchev–Trinajstić information content (AvgIpc) is 2.40. The molecule has 0 saturated heterocycles. The molecule has 0 bridgehead atoms. The van der Waals surface area contributed by atoms with Crippen molar-refractivity contribution in [3.05, 3.63) is 29.3 Å². The van der Waals surface area contributed by atoms with E-state index < -0.39 is 17.4 Å². The van der Waals surface area contributed by atoms with E-state index in [9.17, 15) is 14.7 Å². The number of benzene rings is 1. The first-order chi connectivity index (χ1) is 9.78. The second-order valence-electron chi connectivity index (χ2n) is 5.49. The Morgan fingerprint density at radius 1 is 1.33 bits per heavy atom. The predicted molar refractivity (Wildman–Crippen MR) is 80.5 cm³/mol. The minimum atomic E-state index is -1.25. The van der Waals surface area contributed by atoms with Gasteiger partial charge < -0.3 is 15.2 Å². The Bertz CT molecular complexity index is 527. The summed E-state index contributed by atoms with van der Waals surface area (Å²) in [6.07, 6.45) is 1.04. The van der Waals surface area contributed by atoms with Gasteiger partial charge in [-0.25, -0.2) is 4.79 Å². The van der Waals surface area contributed by atoms with Crippen LogP contribution in [0.1, 0.15) is 37.8 Å². The Balaban J connectivity index is 2.65. The molecular formula is C16H23NO4. The van der Waals surface area contributed by atoms with Crippen molar-refractivity contribution in [3.63, 3.8) is 0 Å². The Morgan fingerprint density at radius 3 is 2.57 bits per heavy atom. The third kappa shape index (κ3) is 4.77. The van der Waals surface area contributed by atoms with Gasteiger partial charge in [0.05, 0.1) is 0 Å². The van der Waals surface area contributed by atoms with Gasteiger partial charge in [-0.3, -0.25) is 4.79 Å². The molecule has 1 atom stereocenters. The van der Waals surface area contributed by atoms with Crippen molar-refractivity contribution >= 4 is 11.9 Å². The molecule has 1 unspecified atom stereocenters. The number of hydrogen-bond donors (Lipinski definition) is 2. The van der Waals surface area contributed by atoms with Crippen LogP contribution in [0.15, 0.2) is 18.2 Å². The van der Waals surface area contributed by atoms with E-state index in [1.165, 1.54) is 6.92 Å². The molecule has 0 aromatic heterocycles. The van der Waals surface area contributed by atoms with E-state index in [1.807, 2.05) is 39.0 Å². The maximum absolute atomic E-state index is 11.9. The van der Waals surface area contributed by atoms with Crippen LogP contribution in [0.5, 0.6) is 5.75 Å². The summed E-state index contributed by atoms with van der Waals surface area (Å²) in [6, 6.07) is 5.73. The second-order valence-corrected chi connectivity index (χ2v) is 5.49. The van der Waals surface area contributed by atoms with Crippen LogP contribution < -0.4 is 10.1 Å². The predicted octanol–water partition coefficient (Wildman–Crippen LogP) is 2.44. The lowest BCUT2D eigenvalue weighted by Gasteiger charge is -2.25. The van der Waals surface area contributed by atoms with Gasteiger partial charge in [-0.15, -0.1) is 0 Å². The lowest BCUT2D eigenvalue weighted by atomic mass is 9.96. The maximum atomic E-state index is 11.9. The molecule has 0 aliphatic carbocycles. The van der Waals surface area contributed by atoms with Crippen molar-refractivity contribution in [1.29, 1.82) is 0 Å². The van der Waals surface area contributed by atoms with Crippen LogP contribution in [0.25, 0.3) is 0 Å². The first-order valence-electron chi connectivity index (χ1n) is 7.03. The molecule has 21 heavy (non-hydrogen) atoms. The van der Waals surface area contributed by atoms with Gasteiger partial charge in [0.15, 0.2) is 6.61 Å². The molecule has 0 radical (unpaired) electrons. The highest BCUT2D eigenvalue weighted by Crippen LogP contribution is 2.19. The number of carboxylic acid groups (broad SMARTS) is 1. The summed E-state index contributed by atoms with van der Waals surface area (Å²) in [5.74, 6) is -0.837. The third-order valence-electron chi connectivity index (χ3n) is 3.34. The second kappa shape index (κ2) is 7.11. The minimum absolute atomic E-state index is 0.198. The quantitative estimate of drug-likeness (QED) is 0.809. The molecule has 1 rings (SSSR count). The van der Waals surface area contributed by atoms with Gasteiger partial charge in [0.2, 0.25) is 0 Å². The number of hydrogen-bond acceptors (Lipinski definition) is 3. The van der Waals surface area contributed by atoms with Crippen LogP contribution in [0.3, 0.4) is 0 Å². The first kappa shape index (κ1) is 17.0. The van der Waals surface area contributed by atoms with E-state index in [1.54, 1.807) is 0 Å². The molecule has 0 fully saturated rings. The molecule has 0 saturated carbocycles. The first-order valence-corrected chi connectivity index (χ1v) is 7.03. The number of amides is 1. The lowest BCUT2D eigenvalue weighted by molar-refractivity contribution is -0.147. The zero-order valence-electron chi connectivity index (χ0n) is 13.0. The van der Waals surface area contributed by atoms with Crippen LogP contribution >= 0.6 is 0 Å². The molecular weight excluding hydrogens is 270 g/mol. The summed E-state index contributed by atoms with van der Waals surface area (Å²) in [6.45, 7) is 7.02. The minimum Gasteiger partial charge on any atom is -0.483 e. The molecule has 1 aromatic rings. The maximum Gasteiger partial charge on any atom is 0.329 e. The molecule has 1 aromatic carbocycles. The van der Waals surface area contributed by atoms with Crippen LogP contribution in [0.2, 0.25) is 0 Å². The molecule has 1 amide bonds. The van der Waals surface area contributed by atoms with Gasteiger partial charge >= 0.3 is 5.97 Å². The number of aliphatic carboxylic acids is 1. The summed E-state index contributed by atoms with van der Waals surface area (Å²) in [7, 11) is 0. The highest BCUT2D eigenvalue weighted by molar-refractivity contribution is 5.87. The highest BCUT2D eigenvalue weighted by atomic mass is 16.5. The van der Waals surface area contributed by atoms with Gasteiger partial charge in [0, 0.05) is 0 Å². The molecule has 2 N–H and O–H groups in total. The van der Waals surface area contributed by atoms with Gasteiger partial charge in [0.25, 0.3) is 5.91 Å². The number of aryl methyl sites for hydroxylation is 2. The number of nitrogens with one attached hydrogen (secondary N) is 1. The summed E-state index contributed by atoms with van der Waals surface area (Å²) >= 11 is 0. The van der Waals surface area contributed by atoms with Crippen molar-refractivity contribution < 1.29 is 19.4 Å². The van der Waals surface area contributed by atoms with E-state index in [4.69, 9.17) is 4.74 Å². The molecule has 116 valence electrons. The van der Waals surface area contributed by atoms with Crippen molar-refractivity contribution in [1.82, 2.24) is 5.32 Å². The monoisotopic (exact) mass is 293 g/mol. The topological polar surface area (TPSA) is 75.6 Å². The molecule has 0 aliphatic rings. The summed E-state index contributed by atoms with van der Waals surface area (Å²) < 4.78 is 5.48. The molecule has 5 heteroatoms. The molecule has 5 nitrogen and oxygen atoms in total. The summed E-state index contributed by atoms with van der Waals surface area (Å²) in [4.78, 5) is 23.2. The summed E-state index contributed by atoms with van der Waals surface area (Å²) in [5.41, 5.74) is 0.719. The molecule has 0 spiro atoms. The zero-order valence-corrected chi connectivity index (χ0v) is 13.0. The lowest BCUT2D eigenvalue weighted by Crippen LogP contribution is -2.53. The Kier molecular flexibility index (Phi) is 5.76. The van der Waals surface area contributed by atoms with Gasteiger partial charge in [-0.2, -0.15) is 0 Å². The van der Waals surface area contributed by atoms with E-state index in [2.05, 4.69) is 5.32 Å². The van der Waals surface area contributed by atoms with Crippen molar-refractivity contribution in [2.75, 3.05) is 6.61 Å². The molecule has 0 aliphatic heterocycles. The molecule has 0 heterocycles. The van der Waals surface area contributed by atoms with Crippen molar-refractivity contribution in [2.24, 2.45) is 0 Å². The Morgan fingerprint density at radius 2 is 2.00 bits per heavy atom. The zero-order chi connectivity index (χ0) is 16.0. The van der Waals surface area contributed by atoms with Crippen LogP contribution in [0, 0.1) is 13.8 Å². The van der Waals surface area contributed by atoms with Crippen LogP contribution in [-0.4, -0.2) is 29.1 Å².